The largest absolute Gasteiger partial charge is 0.369 e. The SMILES string of the molecule is [2H]C1([2H])C([2H])([2H])C([2H])([2H])C([2H])(C(N)=O)C([2H])([2H])C1([2H])[2H]. The Morgan fingerprint density at radius 1 is 1.56 bits per heavy atom. The molecule has 0 spiro atoms. The van der Waals surface area contributed by atoms with E-state index in [0.29, 0.717) is 0 Å². The topological polar surface area (TPSA) is 43.1 Å². The van der Waals surface area contributed by atoms with E-state index in [-0.39, 0.29) is 0 Å². The Labute approximate surface area is 70.9 Å². The van der Waals surface area contributed by atoms with Crippen LogP contribution in [0.15, 0.2) is 0 Å². The predicted molar refractivity (Wildman–Crippen MR) is 35.8 cm³/mol. The molecule has 0 aliphatic heterocycles. The molecule has 1 amide bonds. The van der Waals surface area contributed by atoms with Crippen molar-refractivity contribution in [1.82, 2.24) is 0 Å². The molecule has 2 nitrogen and oxygen atoms in total. The highest BCUT2D eigenvalue weighted by Crippen LogP contribution is 2.22. The minimum atomic E-state index is -3.69. The predicted octanol–water partition coefficient (Wildman–Crippen LogP) is 1.05. The van der Waals surface area contributed by atoms with Gasteiger partial charge in [0.2, 0.25) is 5.91 Å². The van der Waals surface area contributed by atoms with Gasteiger partial charge in [0.1, 0.15) is 0 Å². The van der Waals surface area contributed by atoms with Crippen molar-refractivity contribution in [2.75, 3.05) is 0 Å². The van der Waals surface area contributed by atoms with Gasteiger partial charge >= 0.3 is 0 Å². The molecular weight excluding hydrogens is 114 g/mol. The third kappa shape index (κ3) is 1.70. The van der Waals surface area contributed by atoms with Crippen LogP contribution in [-0.4, -0.2) is 5.91 Å². The molecule has 2 N–H and O–H groups in total. The molecule has 0 aromatic rings. The molecule has 0 atom stereocenters. The molecule has 0 unspecified atom stereocenters. The quantitative estimate of drug-likeness (QED) is 0.578. The summed E-state index contributed by atoms with van der Waals surface area (Å²) in [5.41, 5.74) is 4.82. The monoisotopic (exact) mass is 138 g/mol. The number of rotatable bonds is 1. The molecule has 0 aromatic carbocycles. The van der Waals surface area contributed by atoms with Gasteiger partial charge < -0.3 is 5.73 Å². The Bertz CT molecular complexity index is 426. The second kappa shape index (κ2) is 2.85. The summed E-state index contributed by atoms with van der Waals surface area (Å²) in [6, 6.07) is 0. The van der Waals surface area contributed by atoms with E-state index in [0.717, 1.165) is 0 Å². The van der Waals surface area contributed by atoms with Crippen LogP contribution in [0.3, 0.4) is 0 Å². The van der Waals surface area contributed by atoms with E-state index >= 15 is 0 Å². The maximum absolute atomic E-state index is 11.4. The van der Waals surface area contributed by atoms with Gasteiger partial charge in [-0.2, -0.15) is 0 Å². The van der Waals surface area contributed by atoms with E-state index in [1.165, 1.54) is 0 Å². The molecule has 2 heteroatoms. The van der Waals surface area contributed by atoms with Gasteiger partial charge in [0.25, 0.3) is 0 Å². The van der Waals surface area contributed by atoms with E-state index in [2.05, 4.69) is 0 Å². The van der Waals surface area contributed by atoms with E-state index < -0.39 is 43.7 Å². The van der Waals surface area contributed by atoms with Gasteiger partial charge in [0.05, 0.1) is 0 Å². The highest BCUT2D eigenvalue weighted by Gasteiger charge is 2.17. The van der Waals surface area contributed by atoms with Crippen LogP contribution in [0.25, 0.3) is 0 Å². The van der Waals surface area contributed by atoms with E-state index in [1.54, 1.807) is 0 Å². The Kier molecular flexibility index (Phi) is 0.395. The van der Waals surface area contributed by atoms with Crippen LogP contribution in [0.2, 0.25) is 0 Å². The lowest BCUT2D eigenvalue weighted by Gasteiger charge is -2.17. The van der Waals surface area contributed by atoms with Gasteiger partial charge in [0, 0.05) is 21.0 Å². The van der Waals surface area contributed by atoms with Crippen molar-refractivity contribution in [2.24, 2.45) is 11.6 Å². The fourth-order valence-corrected chi connectivity index (χ4v) is 0.373. The van der Waals surface area contributed by atoms with Gasteiger partial charge in [-0.3, -0.25) is 4.79 Å². The molecule has 0 heterocycles. The average Bonchev–Trinajstić information content (AvgIpc) is 2.24. The number of hydrogen-bond acceptors (Lipinski definition) is 1. The first-order chi connectivity index (χ1) is 8.44. The van der Waals surface area contributed by atoms with Crippen LogP contribution in [0.4, 0.5) is 0 Å². The Morgan fingerprint density at radius 3 is 2.56 bits per heavy atom. The van der Waals surface area contributed by atoms with Crippen molar-refractivity contribution in [3.8, 4) is 0 Å². The van der Waals surface area contributed by atoms with Crippen LogP contribution < -0.4 is 5.73 Å². The molecule has 0 aromatic heterocycles. The minimum absolute atomic E-state index is 1.91. The fraction of sp³-hybridized carbons (Fsp3) is 0.857. The zero-order chi connectivity index (χ0) is 16.6. The number of nitrogens with two attached hydrogens (primary N) is 1. The number of amides is 1. The van der Waals surface area contributed by atoms with Crippen molar-refractivity contribution in [3.05, 3.63) is 0 Å². The summed E-state index contributed by atoms with van der Waals surface area (Å²) < 4.78 is 82.8. The molecule has 0 radical (unpaired) electrons. The van der Waals surface area contributed by atoms with Gasteiger partial charge in [-0.15, -0.1) is 0 Å². The third-order valence-electron chi connectivity index (χ3n) is 0.746. The molecule has 1 aliphatic carbocycles. The van der Waals surface area contributed by atoms with Crippen LogP contribution in [0, 0.1) is 5.89 Å². The average molecular weight is 138 g/mol. The normalized spacial score (nSPS) is 71.3. The fourth-order valence-electron chi connectivity index (χ4n) is 0.373. The van der Waals surface area contributed by atoms with Crippen LogP contribution >= 0.6 is 0 Å². The summed E-state index contributed by atoms with van der Waals surface area (Å²) in [7, 11) is 0. The molecular formula is C7H13NO. The Hall–Kier alpha value is -0.530. The summed E-state index contributed by atoms with van der Waals surface area (Å²) in [6.07, 6.45) is -18.3. The smallest absolute Gasteiger partial charge is 0.220 e. The lowest BCUT2D eigenvalue weighted by molar-refractivity contribution is -0.122. The maximum Gasteiger partial charge on any atom is 0.220 e. The van der Waals surface area contributed by atoms with Crippen LogP contribution in [0.1, 0.15) is 46.9 Å². The third-order valence-corrected chi connectivity index (χ3v) is 0.746. The molecule has 1 fully saturated rings. The van der Waals surface area contributed by atoms with Gasteiger partial charge in [-0.25, -0.2) is 0 Å². The van der Waals surface area contributed by atoms with Crippen molar-refractivity contribution >= 4 is 5.91 Å². The zero-order valence-corrected chi connectivity index (χ0v) is 4.49. The molecule has 0 saturated heterocycles. The summed E-state index contributed by atoms with van der Waals surface area (Å²) in [6.45, 7) is 0. The number of carbonyl (C=O) groups is 1. The maximum atomic E-state index is 11.4. The molecule has 0 bridgehead atoms. The van der Waals surface area contributed by atoms with Gasteiger partial charge in [-0.05, 0) is 12.7 Å². The van der Waals surface area contributed by atoms with Crippen molar-refractivity contribution in [1.29, 1.82) is 0 Å². The summed E-state index contributed by atoms with van der Waals surface area (Å²) in [4.78, 5) is 11.4. The first kappa shape index (κ1) is 1.25. The highest BCUT2D eigenvalue weighted by molar-refractivity contribution is 5.76. The molecule has 9 heavy (non-hydrogen) atoms. The second-order valence-electron chi connectivity index (χ2n) is 1.36. The van der Waals surface area contributed by atoms with Crippen molar-refractivity contribution in [2.45, 2.75) is 31.9 Å². The minimum Gasteiger partial charge on any atom is -0.369 e. The van der Waals surface area contributed by atoms with E-state index in [1.807, 2.05) is 0 Å². The number of carbonyl (C=O) groups excluding carboxylic acids is 1. The van der Waals surface area contributed by atoms with E-state index in [9.17, 15) is 4.79 Å². The first-order valence-electron chi connectivity index (χ1n) is 7.74. The second-order valence-corrected chi connectivity index (χ2v) is 1.36. The van der Waals surface area contributed by atoms with E-state index in [4.69, 9.17) is 20.8 Å². The standard InChI is InChI=1S/C7H13NO/c8-7(9)6-4-2-1-3-5-6/h6H,1-5H2,(H2,8,9)/i1D2,2D2,3D2,4D2,5D2,6D. The number of hydrogen-bond donors (Lipinski definition) is 1. The lowest BCUT2D eigenvalue weighted by Crippen LogP contribution is -2.24. The van der Waals surface area contributed by atoms with Crippen LogP contribution in [-0.2, 0) is 4.79 Å². The molecule has 1 aliphatic rings. The van der Waals surface area contributed by atoms with Crippen LogP contribution in [0.5, 0.6) is 0 Å². The Morgan fingerprint density at radius 2 is 2.11 bits per heavy atom. The first-order valence-corrected chi connectivity index (χ1v) is 2.24. The molecule has 52 valence electrons. The van der Waals surface area contributed by atoms with Crippen molar-refractivity contribution in [3.63, 3.8) is 0 Å². The Balaban J connectivity index is 3.88. The summed E-state index contributed by atoms with van der Waals surface area (Å²) >= 11 is 0. The van der Waals surface area contributed by atoms with Gasteiger partial charge in [-0.1, -0.05) is 19.1 Å². The highest BCUT2D eigenvalue weighted by atomic mass is 16.1. The summed E-state index contributed by atoms with van der Waals surface area (Å²) in [5.74, 6) is -5.55. The lowest BCUT2D eigenvalue weighted by atomic mass is 9.89. The van der Waals surface area contributed by atoms with Crippen molar-refractivity contribution < 1.29 is 19.9 Å². The molecule has 1 rings (SSSR count). The van der Waals surface area contributed by atoms with Gasteiger partial charge in [0.15, 0.2) is 0 Å². The number of primary amides is 1. The molecule has 1 saturated carbocycles. The zero-order valence-electron chi connectivity index (χ0n) is 15.5. The summed E-state index contributed by atoms with van der Waals surface area (Å²) in [5, 5.41) is 0.